The van der Waals surface area contributed by atoms with Gasteiger partial charge in [-0.3, -0.25) is 4.79 Å². The monoisotopic (exact) mass is 199 g/mol. The van der Waals surface area contributed by atoms with Gasteiger partial charge in [0.15, 0.2) is 0 Å². The molecule has 2 atom stereocenters. The van der Waals surface area contributed by atoms with Crippen LogP contribution in [0.4, 0.5) is 0 Å². The summed E-state index contributed by atoms with van der Waals surface area (Å²) in [4.78, 5) is 10.4. The Kier molecular flexibility index (Phi) is 4.39. The van der Waals surface area contributed by atoms with Gasteiger partial charge in [0.25, 0.3) is 0 Å². The lowest BCUT2D eigenvalue weighted by atomic mass is 9.96. The van der Waals surface area contributed by atoms with E-state index in [0.717, 1.165) is 18.8 Å². The van der Waals surface area contributed by atoms with Crippen LogP contribution >= 0.6 is 0 Å². The van der Waals surface area contributed by atoms with Crippen LogP contribution in [0.2, 0.25) is 0 Å². The molecule has 0 aromatic rings. The van der Waals surface area contributed by atoms with Gasteiger partial charge in [0.2, 0.25) is 0 Å². The molecule has 0 aliphatic heterocycles. The van der Waals surface area contributed by atoms with Gasteiger partial charge in [-0.05, 0) is 31.1 Å². The summed E-state index contributed by atoms with van der Waals surface area (Å²) in [6, 6.07) is -0.158. The van der Waals surface area contributed by atoms with E-state index in [1.54, 1.807) is 0 Å². The smallest absolute Gasteiger partial charge is 0.304 e. The first-order chi connectivity index (χ1) is 6.58. The van der Waals surface area contributed by atoms with Gasteiger partial charge < -0.3 is 10.8 Å². The van der Waals surface area contributed by atoms with Crippen LogP contribution in [0, 0.1) is 11.8 Å². The predicted octanol–water partition coefficient (Wildman–Crippen LogP) is 2.00. The summed E-state index contributed by atoms with van der Waals surface area (Å²) < 4.78 is 0. The highest BCUT2D eigenvalue weighted by Crippen LogP contribution is 2.36. The SMILES string of the molecule is C[C@H](CC[C@H](N)CC(=O)O)CC1CC1. The van der Waals surface area contributed by atoms with E-state index in [1.807, 2.05) is 0 Å². The van der Waals surface area contributed by atoms with Crippen LogP contribution in [0.15, 0.2) is 0 Å². The molecule has 0 unspecified atom stereocenters. The predicted molar refractivity (Wildman–Crippen MR) is 56.0 cm³/mol. The van der Waals surface area contributed by atoms with E-state index in [9.17, 15) is 4.79 Å². The molecule has 0 heterocycles. The van der Waals surface area contributed by atoms with Gasteiger partial charge in [0.1, 0.15) is 0 Å². The van der Waals surface area contributed by atoms with Gasteiger partial charge in [-0.15, -0.1) is 0 Å². The van der Waals surface area contributed by atoms with Gasteiger partial charge in [-0.1, -0.05) is 19.8 Å². The van der Waals surface area contributed by atoms with Gasteiger partial charge >= 0.3 is 5.97 Å². The molecule has 0 aromatic carbocycles. The van der Waals surface area contributed by atoms with Crippen LogP contribution in [0.25, 0.3) is 0 Å². The Bertz CT molecular complexity index is 190. The van der Waals surface area contributed by atoms with Gasteiger partial charge in [0, 0.05) is 6.04 Å². The van der Waals surface area contributed by atoms with Crippen molar-refractivity contribution in [1.82, 2.24) is 0 Å². The number of aliphatic carboxylic acids is 1. The molecule has 0 spiro atoms. The van der Waals surface area contributed by atoms with E-state index in [4.69, 9.17) is 10.8 Å². The van der Waals surface area contributed by atoms with Crippen LogP contribution in [-0.4, -0.2) is 17.1 Å². The largest absolute Gasteiger partial charge is 0.481 e. The maximum atomic E-state index is 10.4. The molecular formula is C11H21NO2. The number of carboxylic acids is 1. The molecule has 0 aromatic heterocycles. The van der Waals surface area contributed by atoms with Crippen molar-refractivity contribution in [2.75, 3.05) is 0 Å². The fraction of sp³-hybridized carbons (Fsp3) is 0.909. The molecule has 1 saturated carbocycles. The van der Waals surface area contributed by atoms with E-state index >= 15 is 0 Å². The fourth-order valence-electron chi connectivity index (χ4n) is 1.87. The summed E-state index contributed by atoms with van der Waals surface area (Å²) in [7, 11) is 0. The Hall–Kier alpha value is -0.570. The number of nitrogens with two attached hydrogens (primary N) is 1. The minimum Gasteiger partial charge on any atom is -0.481 e. The van der Waals surface area contributed by atoms with E-state index in [0.29, 0.717) is 5.92 Å². The molecule has 0 radical (unpaired) electrons. The average molecular weight is 199 g/mol. The Balaban J connectivity index is 2.02. The number of hydrogen-bond donors (Lipinski definition) is 2. The molecular weight excluding hydrogens is 178 g/mol. The molecule has 1 aliphatic carbocycles. The van der Waals surface area contributed by atoms with Crippen LogP contribution in [-0.2, 0) is 4.79 Å². The molecule has 1 fully saturated rings. The molecule has 0 amide bonds. The first kappa shape index (κ1) is 11.5. The van der Waals surface area contributed by atoms with E-state index < -0.39 is 5.97 Å². The van der Waals surface area contributed by atoms with Crippen LogP contribution in [0.5, 0.6) is 0 Å². The molecule has 3 heteroatoms. The van der Waals surface area contributed by atoms with Crippen molar-refractivity contribution in [2.24, 2.45) is 17.6 Å². The second-order valence-electron chi connectivity index (χ2n) is 4.72. The second-order valence-corrected chi connectivity index (χ2v) is 4.72. The standard InChI is InChI=1S/C11H21NO2/c1-8(6-9-3-4-9)2-5-10(12)7-11(13)14/h8-10H,2-7,12H2,1H3,(H,13,14)/t8-,10+/m1/s1. The molecule has 0 bridgehead atoms. The quantitative estimate of drug-likeness (QED) is 0.659. The Morgan fingerprint density at radius 2 is 2.14 bits per heavy atom. The van der Waals surface area contributed by atoms with Crippen LogP contribution in [0.3, 0.4) is 0 Å². The van der Waals surface area contributed by atoms with E-state index in [1.165, 1.54) is 19.3 Å². The summed E-state index contributed by atoms with van der Waals surface area (Å²) in [6.45, 7) is 2.24. The van der Waals surface area contributed by atoms with E-state index in [-0.39, 0.29) is 12.5 Å². The lowest BCUT2D eigenvalue weighted by Crippen LogP contribution is -2.24. The third-order valence-electron chi connectivity index (χ3n) is 2.90. The van der Waals surface area contributed by atoms with Gasteiger partial charge in [0.05, 0.1) is 6.42 Å². The highest BCUT2D eigenvalue weighted by molar-refractivity contribution is 5.67. The molecule has 3 N–H and O–H groups in total. The lowest BCUT2D eigenvalue weighted by molar-refractivity contribution is -0.137. The van der Waals surface area contributed by atoms with Crippen LogP contribution in [0.1, 0.15) is 45.4 Å². The molecule has 82 valence electrons. The molecule has 1 aliphatic rings. The van der Waals surface area contributed by atoms with Gasteiger partial charge in [-0.25, -0.2) is 0 Å². The summed E-state index contributed by atoms with van der Waals surface area (Å²) in [6.07, 6.45) is 6.12. The molecule has 1 rings (SSSR count). The lowest BCUT2D eigenvalue weighted by Gasteiger charge is -2.13. The zero-order valence-electron chi connectivity index (χ0n) is 8.91. The minimum absolute atomic E-state index is 0.107. The number of hydrogen-bond acceptors (Lipinski definition) is 2. The summed E-state index contributed by atoms with van der Waals surface area (Å²) in [5.41, 5.74) is 5.69. The third kappa shape index (κ3) is 5.22. The normalized spacial score (nSPS) is 20.4. The maximum Gasteiger partial charge on any atom is 0.304 e. The Morgan fingerprint density at radius 3 is 2.64 bits per heavy atom. The van der Waals surface area contributed by atoms with E-state index in [2.05, 4.69) is 6.92 Å². The van der Waals surface area contributed by atoms with Crippen molar-refractivity contribution < 1.29 is 9.90 Å². The number of rotatable bonds is 7. The second kappa shape index (κ2) is 5.35. The zero-order chi connectivity index (χ0) is 10.6. The zero-order valence-corrected chi connectivity index (χ0v) is 8.91. The average Bonchev–Trinajstić information content (AvgIpc) is 2.83. The first-order valence-corrected chi connectivity index (χ1v) is 5.55. The van der Waals surface area contributed by atoms with Crippen molar-refractivity contribution in [3.05, 3.63) is 0 Å². The summed E-state index contributed by atoms with van der Waals surface area (Å²) >= 11 is 0. The van der Waals surface area contributed by atoms with Crippen molar-refractivity contribution in [3.8, 4) is 0 Å². The van der Waals surface area contributed by atoms with Crippen LogP contribution < -0.4 is 5.73 Å². The summed E-state index contributed by atoms with van der Waals surface area (Å²) in [5.74, 6) is 0.885. The van der Waals surface area contributed by atoms with Crippen molar-refractivity contribution in [2.45, 2.75) is 51.5 Å². The third-order valence-corrected chi connectivity index (χ3v) is 2.90. The van der Waals surface area contributed by atoms with Crippen molar-refractivity contribution >= 4 is 5.97 Å². The van der Waals surface area contributed by atoms with Crippen molar-refractivity contribution in [3.63, 3.8) is 0 Å². The fourth-order valence-corrected chi connectivity index (χ4v) is 1.87. The Labute approximate surface area is 85.7 Å². The number of carbonyl (C=O) groups is 1. The topological polar surface area (TPSA) is 63.3 Å². The highest BCUT2D eigenvalue weighted by Gasteiger charge is 2.23. The molecule has 14 heavy (non-hydrogen) atoms. The number of carboxylic acid groups (broad SMARTS) is 1. The molecule has 0 saturated heterocycles. The minimum atomic E-state index is -0.785. The summed E-state index contributed by atoms with van der Waals surface area (Å²) in [5, 5.41) is 8.52. The maximum absolute atomic E-state index is 10.4. The highest BCUT2D eigenvalue weighted by atomic mass is 16.4. The molecule has 3 nitrogen and oxygen atoms in total. The van der Waals surface area contributed by atoms with Crippen molar-refractivity contribution in [1.29, 1.82) is 0 Å². The van der Waals surface area contributed by atoms with Gasteiger partial charge in [-0.2, -0.15) is 0 Å². The Morgan fingerprint density at radius 1 is 1.50 bits per heavy atom. The first-order valence-electron chi connectivity index (χ1n) is 5.55.